The minimum atomic E-state index is 0.348. The third kappa shape index (κ3) is 3.36. The van der Waals surface area contributed by atoms with Crippen LogP contribution in [0.4, 0.5) is 0 Å². The average molecular weight is 346 g/mol. The van der Waals surface area contributed by atoms with E-state index >= 15 is 0 Å². The predicted octanol–water partition coefficient (Wildman–Crippen LogP) is 3.94. The molecule has 1 aliphatic heterocycles. The summed E-state index contributed by atoms with van der Waals surface area (Å²) in [4.78, 5) is 12.9. The van der Waals surface area contributed by atoms with Gasteiger partial charge in [0.25, 0.3) is 0 Å². The molecule has 3 aromatic rings. The van der Waals surface area contributed by atoms with Gasteiger partial charge in [-0.2, -0.15) is 4.98 Å². The Morgan fingerprint density at radius 2 is 2.30 bits per heavy atom. The van der Waals surface area contributed by atoms with Gasteiger partial charge >= 0.3 is 0 Å². The summed E-state index contributed by atoms with van der Waals surface area (Å²) in [7, 11) is 0. The number of rotatable bonds is 4. The maximum atomic E-state index is 5.36. The van der Waals surface area contributed by atoms with Crippen molar-refractivity contribution in [2.75, 3.05) is 13.1 Å². The lowest BCUT2D eigenvalue weighted by Gasteiger charge is -2.30. The standard InChI is InChI=1S/C16H18N4OS2/c1-11-17-15(21-19-11)12-4-2-6-20(8-12)9-13-10-23-16(18-13)14-5-3-7-22-14/h3,5,7,10,12H,2,4,6,8-9H2,1H3. The highest BCUT2D eigenvalue weighted by atomic mass is 32.1. The molecule has 1 fully saturated rings. The predicted molar refractivity (Wildman–Crippen MR) is 91.7 cm³/mol. The molecule has 0 bridgehead atoms. The molecule has 0 saturated carbocycles. The zero-order valence-electron chi connectivity index (χ0n) is 12.9. The van der Waals surface area contributed by atoms with Gasteiger partial charge in [-0.15, -0.1) is 22.7 Å². The molecule has 0 N–H and O–H groups in total. The Labute approximate surface area is 143 Å². The second-order valence-corrected chi connectivity index (χ2v) is 7.68. The van der Waals surface area contributed by atoms with E-state index in [1.54, 1.807) is 22.7 Å². The van der Waals surface area contributed by atoms with Crippen LogP contribution < -0.4 is 0 Å². The van der Waals surface area contributed by atoms with E-state index in [0.29, 0.717) is 5.92 Å². The van der Waals surface area contributed by atoms with Crippen molar-refractivity contribution < 1.29 is 4.52 Å². The number of likely N-dealkylation sites (tertiary alicyclic amines) is 1. The summed E-state index contributed by atoms with van der Waals surface area (Å²) < 4.78 is 5.36. The molecule has 23 heavy (non-hydrogen) atoms. The third-order valence-electron chi connectivity index (χ3n) is 4.07. The lowest BCUT2D eigenvalue weighted by Crippen LogP contribution is -2.34. The minimum absolute atomic E-state index is 0.348. The van der Waals surface area contributed by atoms with Gasteiger partial charge in [0.15, 0.2) is 5.82 Å². The topological polar surface area (TPSA) is 55.1 Å². The Kier molecular flexibility index (Phi) is 4.24. The van der Waals surface area contributed by atoms with E-state index in [4.69, 9.17) is 9.51 Å². The molecule has 3 aromatic heterocycles. The summed E-state index contributed by atoms with van der Waals surface area (Å²) in [6.45, 7) is 4.84. The van der Waals surface area contributed by atoms with Gasteiger partial charge in [0.05, 0.1) is 16.5 Å². The van der Waals surface area contributed by atoms with E-state index in [0.717, 1.165) is 54.9 Å². The number of nitrogens with zero attached hydrogens (tertiary/aromatic N) is 4. The molecule has 0 amide bonds. The third-order valence-corrected chi connectivity index (χ3v) is 6.00. The number of aromatic nitrogens is 3. The molecule has 1 aliphatic rings. The van der Waals surface area contributed by atoms with Gasteiger partial charge in [-0.3, -0.25) is 4.90 Å². The van der Waals surface area contributed by atoms with Gasteiger partial charge < -0.3 is 4.52 Å². The first-order valence-corrected chi connectivity index (χ1v) is 9.55. The van der Waals surface area contributed by atoms with Gasteiger partial charge in [-0.1, -0.05) is 11.2 Å². The first-order valence-electron chi connectivity index (χ1n) is 7.79. The SMILES string of the molecule is Cc1noc(C2CCCN(Cc3csc(-c4cccs4)n3)C2)n1. The number of hydrogen-bond donors (Lipinski definition) is 0. The maximum absolute atomic E-state index is 5.36. The van der Waals surface area contributed by atoms with E-state index in [9.17, 15) is 0 Å². The van der Waals surface area contributed by atoms with E-state index in [1.165, 1.54) is 4.88 Å². The Bertz CT molecular complexity index is 765. The smallest absolute Gasteiger partial charge is 0.231 e. The van der Waals surface area contributed by atoms with Crippen molar-refractivity contribution >= 4 is 22.7 Å². The Hall–Kier alpha value is -1.57. The Balaban J connectivity index is 1.42. The molecule has 4 rings (SSSR count). The van der Waals surface area contributed by atoms with Crippen molar-refractivity contribution in [2.45, 2.75) is 32.2 Å². The molecule has 0 spiro atoms. The quantitative estimate of drug-likeness (QED) is 0.716. The van der Waals surface area contributed by atoms with Gasteiger partial charge in [-0.25, -0.2) is 4.98 Å². The van der Waals surface area contributed by atoms with Crippen molar-refractivity contribution in [3.05, 3.63) is 40.3 Å². The highest BCUT2D eigenvalue weighted by molar-refractivity contribution is 7.20. The zero-order valence-corrected chi connectivity index (χ0v) is 14.6. The van der Waals surface area contributed by atoms with Crippen LogP contribution in [0.5, 0.6) is 0 Å². The summed E-state index contributed by atoms with van der Waals surface area (Å²) in [5.74, 6) is 1.85. The summed E-state index contributed by atoms with van der Waals surface area (Å²) in [6, 6.07) is 4.20. The second kappa shape index (κ2) is 6.51. The molecule has 1 atom stereocenters. The van der Waals surface area contributed by atoms with E-state index in [1.807, 2.05) is 6.92 Å². The van der Waals surface area contributed by atoms with Gasteiger partial charge in [-0.05, 0) is 37.8 Å². The van der Waals surface area contributed by atoms with Crippen molar-refractivity contribution in [1.82, 2.24) is 20.0 Å². The van der Waals surface area contributed by atoms with Crippen molar-refractivity contribution in [1.29, 1.82) is 0 Å². The largest absolute Gasteiger partial charge is 0.339 e. The van der Waals surface area contributed by atoms with Crippen LogP contribution in [0.25, 0.3) is 9.88 Å². The van der Waals surface area contributed by atoms with Crippen molar-refractivity contribution in [2.24, 2.45) is 0 Å². The monoisotopic (exact) mass is 346 g/mol. The van der Waals surface area contributed by atoms with Crippen LogP contribution >= 0.6 is 22.7 Å². The first kappa shape index (κ1) is 15.0. The molecular formula is C16H18N4OS2. The number of aryl methyl sites for hydroxylation is 1. The molecule has 0 aromatic carbocycles. The van der Waals surface area contributed by atoms with Crippen LogP contribution in [0.15, 0.2) is 27.4 Å². The fourth-order valence-corrected chi connectivity index (χ4v) is 4.63. The highest BCUT2D eigenvalue weighted by Crippen LogP contribution is 2.30. The lowest BCUT2D eigenvalue weighted by atomic mass is 9.98. The van der Waals surface area contributed by atoms with Crippen molar-refractivity contribution in [3.8, 4) is 9.88 Å². The van der Waals surface area contributed by atoms with Crippen LogP contribution in [-0.4, -0.2) is 33.1 Å². The lowest BCUT2D eigenvalue weighted by molar-refractivity contribution is 0.179. The van der Waals surface area contributed by atoms with Gasteiger partial charge in [0, 0.05) is 18.5 Å². The normalized spacial score (nSPS) is 19.3. The zero-order chi connectivity index (χ0) is 15.6. The summed E-state index contributed by atoms with van der Waals surface area (Å²) in [5.41, 5.74) is 1.15. The average Bonchev–Trinajstić information content (AvgIpc) is 3.28. The fraction of sp³-hybridized carbons (Fsp3) is 0.438. The van der Waals surface area contributed by atoms with E-state index in [2.05, 4.69) is 37.9 Å². The Morgan fingerprint density at radius 3 is 3.09 bits per heavy atom. The van der Waals surface area contributed by atoms with Gasteiger partial charge in [0.1, 0.15) is 5.01 Å². The van der Waals surface area contributed by atoms with Crippen molar-refractivity contribution in [3.63, 3.8) is 0 Å². The molecule has 1 saturated heterocycles. The minimum Gasteiger partial charge on any atom is -0.339 e. The summed E-state index contributed by atoms with van der Waals surface area (Å²) in [5, 5.41) is 9.31. The Morgan fingerprint density at radius 1 is 1.35 bits per heavy atom. The number of thiophene rings is 1. The number of thiazole rings is 1. The van der Waals surface area contributed by atoms with E-state index < -0.39 is 0 Å². The second-order valence-electron chi connectivity index (χ2n) is 5.88. The highest BCUT2D eigenvalue weighted by Gasteiger charge is 2.26. The number of piperidine rings is 1. The molecule has 7 heteroatoms. The fourth-order valence-electron chi connectivity index (χ4n) is 3.00. The van der Waals surface area contributed by atoms with Gasteiger partial charge in [0.2, 0.25) is 5.89 Å². The van der Waals surface area contributed by atoms with Crippen LogP contribution in [0, 0.1) is 6.92 Å². The summed E-state index contributed by atoms with van der Waals surface area (Å²) in [6.07, 6.45) is 2.28. The molecule has 5 nitrogen and oxygen atoms in total. The molecule has 4 heterocycles. The molecule has 1 unspecified atom stereocenters. The molecular weight excluding hydrogens is 328 g/mol. The van der Waals surface area contributed by atoms with Crippen LogP contribution in [0.1, 0.15) is 36.2 Å². The molecule has 120 valence electrons. The number of hydrogen-bond acceptors (Lipinski definition) is 7. The van der Waals surface area contributed by atoms with Crippen LogP contribution in [-0.2, 0) is 6.54 Å². The molecule has 0 aliphatic carbocycles. The van der Waals surface area contributed by atoms with E-state index in [-0.39, 0.29) is 0 Å². The molecule has 0 radical (unpaired) electrons. The van der Waals surface area contributed by atoms with Crippen LogP contribution in [0.3, 0.4) is 0 Å². The van der Waals surface area contributed by atoms with Crippen LogP contribution in [0.2, 0.25) is 0 Å². The summed E-state index contributed by atoms with van der Waals surface area (Å²) >= 11 is 3.47. The first-order chi connectivity index (χ1) is 11.3. The maximum Gasteiger partial charge on any atom is 0.231 e.